The summed E-state index contributed by atoms with van der Waals surface area (Å²) in [6.45, 7) is 3.86. The molecule has 0 aliphatic carbocycles. The molecule has 100 valence electrons. The van der Waals surface area contributed by atoms with E-state index in [1.807, 2.05) is 0 Å². The smallest absolute Gasteiger partial charge is 0.0532 e. The van der Waals surface area contributed by atoms with Crippen molar-refractivity contribution in [2.45, 2.75) is 25.7 Å². The fraction of sp³-hybridized carbons (Fsp3) is 0.333. The summed E-state index contributed by atoms with van der Waals surface area (Å²) in [6.07, 6.45) is 2.19. The van der Waals surface area contributed by atoms with Gasteiger partial charge in [0.2, 0.25) is 0 Å². The first-order chi connectivity index (χ1) is 9.36. The van der Waals surface area contributed by atoms with Crippen LogP contribution >= 0.6 is 0 Å². The Hall–Kier alpha value is -1.60. The van der Waals surface area contributed by atoms with Gasteiger partial charge in [-0.15, -0.1) is 0 Å². The summed E-state index contributed by atoms with van der Waals surface area (Å²) in [5, 5.41) is 0. The normalized spacial score (nSPS) is 12.3. The topological polar surface area (TPSA) is 9.23 Å². The minimum Gasteiger partial charge on any atom is -0.381 e. The lowest BCUT2D eigenvalue weighted by molar-refractivity contribution is 0.121. The van der Waals surface area contributed by atoms with Crippen molar-refractivity contribution in [3.63, 3.8) is 0 Å². The molecule has 19 heavy (non-hydrogen) atoms. The molecule has 1 atom stereocenters. The van der Waals surface area contributed by atoms with Crippen LogP contribution in [0.3, 0.4) is 0 Å². The highest BCUT2D eigenvalue weighted by molar-refractivity contribution is 5.18. The van der Waals surface area contributed by atoms with Gasteiger partial charge in [0, 0.05) is 12.5 Å². The van der Waals surface area contributed by atoms with E-state index in [9.17, 15) is 0 Å². The SMILES string of the molecule is C[C@@H](COCCCc1ccccc1)c1ccccc1. The van der Waals surface area contributed by atoms with Crippen LogP contribution in [0.15, 0.2) is 60.7 Å². The molecule has 0 spiro atoms. The van der Waals surface area contributed by atoms with E-state index in [2.05, 4.69) is 67.6 Å². The Bertz CT molecular complexity index is 450. The molecule has 2 rings (SSSR count). The second kappa shape index (κ2) is 7.75. The van der Waals surface area contributed by atoms with Gasteiger partial charge in [-0.05, 0) is 24.0 Å². The van der Waals surface area contributed by atoms with Crippen LogP contribution in [0.2, 0.25) is 0 Å². The Morgan fingerprint density at radius 3 is 2.21 bits per heavy atom. The fourth-order valence-corrected chi connectivity index (χ4v) is 2.16. The van der Waals surface area contributed by atoms with E-state index < -0.39 is 0 Å². The quantitative estimate of drug-likeness (QED) is 0.664. The summed E-state index contributed by atoms with van der Waals surface area (Å²) < 4.78 is 5.77. The second-order valence-electron chi connectivity index (χ2n) is 4.98. The lowest BCUT2D eigenvalue weighted by atomic mass is 10.0. The van der Waals surface area contributed by atoms with Crippen molar-refractivity contribution in [3.8, 4) is 0 Å². The molecule has 2 aromatic rings. The number of ether oxygens (including phenoxy) is 1. The zero-order valence-corrected chi connectivity index (χ0v) is 11.6. The van der Waals surface area contributed by atoms with Crippen molar-refractivity contribution >= 4 is 0 Å². The van der Waals surface area contributed by atoms with Gasteiger partial charge >= 0.3 is 0 Å². The number of benzene rings is 2. The van der Waals surface area contributed by atoms with Crippen molar-refractivity contribution in [1.29, 1.82) is 0 Å². The molecule has 0 saturated heterocycles. The van der Waals surface area contributed by atoms with E-state index in [0.717, 1.165) is 26.1 Å². The summed E-state index contributed by atoms with van der Waals surface area (Å²) in [5.74, 6) is 0.470. The highest BCUT2D eigenvalue weighted by Crippen LogP contribution is 2.14. The van der Waals surface area contributed by atoms with E-state index in [1.54, 1.807) is 0 Å². The van der Waals surface area contributed by atoms with Crippen molar-refractivity contribution < 1.29 is 4.74 Å². The Morgan fingerprint density at radius 1 is 0.895 bits per heavy atom. The third-order valence-electron chi connectivity index (χ3n) is 3.33. The van der Waals surface area contributed by atoms with Crippen LogP contribution in [0.4, 0.5) is 0 Å². The van der Waals surface area contributed by atoms with Crippen LogP contribution in [-0.2, 0) is 11.2 Å². The van der Waals surface area contributed by atoms with Crippen LogP contribution in [0, 0.1) is 0 Å². The molecule has 0 aromatic heterocycles. The van der Waals surface area contributed by atoms with Crippen LogP contribution in [-0.4, -0.2) is 13.2 Å². The van der Waals surface area contributed by atoms with E-state index in [-0.39, 0.29) is 0 Å². The van der Waals surface area contributed by atoms with Gasteiger partial charge in [0.15, 0.2) is 0 Å². The molecule has 1 heteroatoms. The highest BCUT2D eigenvalue weighted by Gasteiger charge is 2.04. The third-order valence-corrected chi connectivity index (χ3v) is 3.33. The molecular weight excluding hydrogens is 232 g/mol. The summed E-state index contributed by atoms with van der Waals surface area (Å²) >= 11 is 0. The van der Waals surface area contributed by atoms with Crippen molar-refractivity contribution in [1.82, 2.24) is 0 Å². The molecular formula is C18H22O. The molecule has 0 aliphatic rings. The average Bonchev–Trinajstić information content (AvgIpc) is 2.49. The maximum atomic E-state index is 5.77. The maximum Gasteiger partial charge on any atom is 0.0532 e. The fourth-order valence-electron chi connectivity index (χ4n) is 2.16. The first kappa shape index (κ1) is 13.8. The Morgan fingerprint density at radius 2 is 1.53 bits per heavy atom. The lowest BCUT2D eigenvalue weighted by Gasteiger charge is -2.12. The van der Waals surface area contributed by atoms with Crippen molar-refractivity contribution in [3.05, 3.63) is 71.8 Å². The third kappa shape index (κ3) is 4.88. The van der Waals surface area contributed by atoms with Gasteiger partial charge in [0.05, 0.1) is 6.61 Å². The first-order valence-electron chi connectivity index (χ1n) is 7.03. The van der Waals surface area contributed by atoms with Gasteiger partial charge in [-0.1, -0.05) is 67.6 Å². The Kier molecular flexibility index (Phi) is 5.64. The van der Waals surface area contributed by atoms with Crippen molar-refractivity contribution in [2.75, 3.05) is 13.2 Å². The molecule has 1 nitrogen and oxygen atoms in total. The zero-order valence-electron chi connectivity index (χ0n) is 11.6. The molecule has 0 amide bonds. The number of rotatable bonds is 7. The predicted molar refractivity (Wildman–Crippen MR) is 80.4 cm³/mol. The highest BCUT2D eigenvalue weighted by atomic mass is 16.5. The zero-order chi connectivity index (χ0) is 13.3. The molecule has 0 fully saturated rings. The largest absolute Gasteiger partial charge is 0.381 e. The van der Waals surface area contributed by atoms with Crippen LogP contribution in [0.1, 0.15) is 30.4 Å². The van der Waals surface area contributed by atoms with Gasteiger partial charge < -0.3 is 4.74 Å². The number of hydrogen-bond donors (Lipinski definition) is 0. The van der Waals surface area contributed by atoms with Crippen LogP contribution in [0.25, 0.3) is 0 Å². The summed E-state index contributed by atoms with van der Waals surface area (Å²) in [5.41, 5.74) is 2.74. The minimum atomic E-state index is 0.470. The molecule has 0 N–H and O–H groups in total. The van der Waals surface area contributed by atoms with Gasteiger partial charge in [0.25, 0.3) is 0 Å². The van der Waals surface area contributed by atoms with Gasteiger partial charge in [0.1, 0.15) is 0 Å². The minimum absolute atomic E-state index is 0.470. The summed E-state index contributed by atoms with van der Waals surface area (Å²) in [6, 6.07) is 21.1. The van der Waals surface area contributed by atoms with Gasteiger partial charge in [-0.3, -0.25) is 0 Å². The molecule has 0 bridgehead atoms. The molecule has 0 heterocycles. The summed E-state index contributed by atoms with van der Waals surface area (Å²) in [7, 11) is 0. The predicted octanol–water partition coefficient (Wildman–Crippen LogP) is 4.44. The Balaban J connectivity index is 1.62. The number of hydrogen-bond acceptors (Lipinski definition) is 1. The molecule has 0 unspecified atom stereocenters. The van der Waals surface area contributed by atoms with Crippen LogP contribution in [0.5, 0.6) is 0 Å². The molecule has 0 saturated carbocycles. The Labute approximate surface area is 116 Å². The van der Waals surface area contributed by atoms with E-state index in [4.69, 9.17) is 4.74 Å². The summed E-state index contributed by atoms with van der Waals surface area (Å²) in [4.78, 5) is 0. The van der Waals surface area contributed by atoms with Crippen molar-refractivity contribution in [2.24, 2.45) is 0 Å². The first-order valence-corrected chi connectivity index (χ1v) is 7.03. The monoisotopic (exact) mass is 254 g/mol. The standard InChI is InChI=1S/C18H22O/c1-16(18-12-6-3-7-13-18)15-19-14-8-11-17-9-4-2-5-10-17/h2-7,9-10,12-13,16H,8,11,14-15H2,1H3/t16-/m0/s1. The van der Waals surface area contributed by atoms with E-state index >= 15 is 0 Å². The van der Waals surface area contributed by atoms with Gasteiger partial charge in [-0.25, -0.2) is 0 Å². The molecule has 0 aliphatic heterocycles. The van der Waals surface area contributed by atoms with E-state index in [1.165, 1.54) is 11.1 Å². The second-order valence-corrected chi connectivity index (χ2v) is 4.98. The molecule has 2 aromatic carbocycles. The molecule has 0 radical (unpaired) electrons. The maximum absolute atomic E-state index is 5.77. The number of aryl methyl sites for hydroxylation is 1. The van der Waals surface area contributed by atoms with E-state index in [0.29, 0.717) is 5.92 Å². The lowest BCUT2D eigenvalue weighted by Crippen LogP contribution is -2.06. The van der Waals surface area contributed by atoms with Crippen LogP contribution < -0.4 is 0 Å². The van der Waals surface area contributed by atoms with Gasteiger partial charge in [-0.2, -0.15) is 0 Å². The average molecular weight is 254 g/mol.